The van der Waals surface area contributed by atoms with Crippen molar-refractivity contribution in [3.8, 4) is 95.1 Å². The van der Waals surface area contributed by atoms with Crippen LogP contribution in [-0.4, -0.2) is 42.5 Å². The van der Waals surface area contributed by atoms with E-state index in [1.54, 1.807) is 0 Å². The smallest absolute Gasteiger partial charge is 0.0933 e. The normalized spacial score (nSPS) is 11.7. The molecule has 25 aromatic rings. The summed E-state index contributed by atoms with van der Waals surface area (Å²) in [5.41, 5.74) is 30.5. The summed E-state index contributed by atoms with van der Waals surface area (Å²) in [4.78, 5) is 0. The molecule has 0 aliphatic carbocycles. The summed E-state index contributed by atoms with van der Waals surface area (Å²) in [5, 5.41) is 29.0. The van der Waals surface area contributed by atoms with Gasteiger partial charge in [-0.2, -0.15) is 15.3 Å². The summed E-state index contributed by atoms with van der Waals surface area (Å²) in [7, 11) is 0. The summed E-state index contributed by atoms with van der Waals surface area (Å²) in [5.74, 6) is 0. The Labute approximate surface area is 690 Å². The second-order valence-corrected chi connectivity index (χ2v) is 30.9. The average molecular weight is 1530 g/mol. The second kappa shape index (κ2) is 28.9. The number of nitrogens with zero attached hydrogens (tertiary/aromatic N) is 9. The molecule has 0 aliphatic rings. The molecule has 0 saturated heterocycles. The Kier molecular flexibility index (Phi) is 16.7. The standard InChI is InChI=1S/C41H27N3.2C35H23N3/c1-3-9-28(10-4-1)32-17-21-39-36(23-32)37-24-33(29-11-5-2-6-12-29)18-22-40(37)44(39)35-19-15-30(16-20-35)38-26-42-43-27-34-14-8-7-13-31(34)25-41(38)43;1-2-8-28-23-37-30(21-27(28)7-1)22-33(36-37)26-15-13-24(14-16-26)25-17-19-29(20-18-25)38-34-11-5-3-9-31(34)32-10-4-6-12-35(32)38;1-2-8-28-23-37-35(21-27(28)7-1)32(22-36-37)26-15-13-24(14-16-26)25-17-19-29(20-18-25)38-33-11-5-3-9-30(33)31-10-4-6-12-34(31)38/h1-27H;2*1-23H. The molecule has 9 nitrogen and oxygen atoms in total. The van der Waals surface area contributed by atoms with Crippen LogP contribution >= 0.6 is 0 Å². The lowest BCUT2D eigenvalue weighted by Crippen LogP contribution is -1.94. The summed E-state index contributed by atoms with van der Waals surface area (Å²) in [6.07, 6.45) is 10.2. The van der Waals surface area contributed by atoms with E-state index >= 15 is 0 Å². The number of aromatic nitrogens is 9. The summed E-state index contributed by atoms with van der Waals surface area (Å²) < 4.78 is 13.0. The van der Waals surface area contributed by atoms with Crippen LogP contribution in [0.2, 0.25) is 0 Å². The van der Waals surface area contributed by atoms with Gasteiger partial charge in [-0.3, -0.25) is 0 Å². The van der Waals surface area contributed by atoms with E-state index in [1.165, 1.54) is 159 Å². The van der Waals surface area contributed by atoms with Gasteiger partial charge in [-0.1, -0.05) is 303 Å². The molecule has 0 unspecified atom stereocenters. The SMILES string of the molecule is c1ccc(-c2ccc3c(c2)c2cc(-c4ccccc4)ccc2n3-c2ccc(-c3cnn4cc5ccccc5cc34)cc2)cc1.c1ccc2cn3nc(-c4ccc(-c5ccc(-n6c7ccccc7c7ccccc76)cc5)cc4)cc3cc2c1.c1ccc2cn3ncc(-c4ccc(-c5ccc(-n6c7ccccc7c7ccccc76)cc5)cc4)c3cc2c1. The van der Waals surface area contributed by atoms with Gasteiger partial charge >= 0.3 is 0 Å². The predicted octanol–water partition coefficient (Wildman–Crippen LogP) is 28.4. The lowest BCUT2D eigenvalue weighted by atomic mass is 10.0. The van der Waals surface area contributed by atoms with Crippen LogP contribution in [-0.2, 0) is 0 Å². The molecular formula is C111H73N9. The predicted molar refractivity (Wildman–Crippen MR) is 499 cm³/mol. The molecule has 16 aromatic carbocycles. The fraction of sp³-hybridized carbons (Fsp3) is 0. The molecule has 0 aliphatic heterocycles. The molecule has 9 heterocycles. The minimum atomic E-state index is 0.980. The van der Waals surface area contributed by atoms with Crippen molar-refractivity contribution in [1.29, 1.82) is 0 Å². The van der Waals surface area contributed by atoms with E-state index in [1.807, 2.05) is 25.9 Å². The summed E-state index contributed by atoms with van der Waals surface area (Å²) in [6.45, 7) is 0. The molecule has 0 radical (unpaired) electrons. The third-order valence-electron chi connectivity index (χ3n) is 24.0. The molecule has 0 spiro atoms. The maximum atomic E-state index is 4.84. The van der Waals surface area contributed by atoms with E-state index in [-0.39, 0.29) is 0 Å². The first-order valence-corrected chi connectivity index (χ1v) is 40.7. The first-order valence-electron chi connectivity index (χ1n) is 40.7. The molecule has 120 heavy (non-hydrogen) atoms. The fourth-order valence-electron chi connectivity index (χ4n) is 18.0. The van der Waals surface area contributed by atoms with Crippen molar-refractivity contribution in [3.63, 3.8) is 0 Å². The molecule has 25 rings (SSSR count). The second-order valence-electron chi connectivity index (χ2n) is 30.9. The highest BCUT2D eigenvalue weighted by atomic mass is 15.2. The van der Waals surface area contributed by atoms with Gasteiger partial charge < -0.3 is 13.7 Å². The van der Waals surface area contributed by atoms with Crippen LogP contribution in [0.1, 0.15) is 0 Å². The minimum Gasteiger partial charge on any atom is -0.309 e. The van der Waals surface area contributed by atoms with E-state index < -0.39 is 0 Å². The highest BCUT2D eigenvalue weighted by Crippen LogP contribution is 2.41. The van der Waals surface area contributed by atoms with Crippen molar-refractivity contribution in [2.75, 3.05) is 0 Å². The van der Waals surface area contributed by atoms with Gasteiger partial charge in [0, 0.05) is 101 Å². The number of rotatable bonds is 10. The average Bonchev–Trinajstić information content (AvgIpc) is 1.60. The Bertz CT molecular complexity index is 7950. The highest BCUT2D eigenvalue weighted by Gasteiger charge is 2.20. The van der Waals surface area contributed by atoms with Crippen molar-refractivity contribution in [3.05, 3.63) is 443 Å². The third kappa shape index (κ3) is 12.2. The zero-order valence-electron chi connectivity index (χ0n) is 65.2. The number of pyridine rings is 3. The number of benzene rings is 16. The van der Waals surface area contributed by atoms with Gasteiger partial charge in [0.25, 0.3) is 0 Å². The summed E-state index contributed by atoms with van der Waals surface area (Å²) in [6, 6.07) is 148. The van der Waals surface area contributed by atoms with Crippen molar-refractivity contribution in [2.45, 2.75) is 0 Å². The molecule has 0 amide bonds. The van der Waals surface area contributed by atoms with Gasteiger partial charge in [0.2, 0.25) is 0 Å². The monoisotopic (exact) mass is 1530 g/mol. The molecule has 0 bridgehead atoms. The maximum Gasteiger partial charge on any atom is 0.0933 e. The van der Waals surface area contributed by atoms with Gasteiger partial charge in [0.05, 0.1) is 67.7 Å². The number of fused-ring (bicyclic) bond motifs is 15. The minimum absolute atomic E-state index is 0.980. The lowest BCUT2D eigenvalue weighted by Gasteiger charge is -2.10. The van der Waals surface area contributed by atoms with E-state index in [4.69, 9.17) is 5.10 Å². The Morgan fingerprint density at radius 2 is 0.458 bits per heavy atom. The molecular weight excluding hydrogens is 1460 g/mol. The van der Waals surface area contributed by atoms with Gasteiger partial charge in [0.1, 0.15) is 0 Å². The Balaban J connectivity index is 0.000000105. The van der Waals surface area contributed by atoms with Gasteiger partial charge in [-0.25, -0.2) is 13.5 Å². The first kappa shape index (κ1) is 69.3. The molecule has 562 valence electrons. The topological polar surface area (TPSA) is 66.7 Å². The van der Waals surface area contributed by atoms with Crippen molar-refractivity contribution in [1.82, 2.24) is 42.5 Å². The van der Waals surface area contributed by atoms with Crippen molar-refractivity contribution in [2.24, 2.45) is 0 Å². The zero-order chi connectivity index (χ0) is 79.1. The Morgan fingerprint density at radius 3 is 0.850 bits per heavy atom. The van der Waals surface area contributed by atoms with Crippen LogP contribution in [0, 0.1) is 0 Å². The largest absolute Gasteiger partial charge is 0.309 e. The van der Waals surface area contributed by atoms with E-state index in [0.29, 0.717) is 0 Å². The fourth-order valence-corrected chi connectivity index (χ4v) is 18.0. The van der Waals surface area contributed by atoms with Crippen LogP contribution in [0.25, 0.3) is 209 Å². The third-order valence-corrected chi connectivity index (χ3v) is 24.0. The summed E-state index contributed by atoms with van der Waals surface area (Å²) >= 11 is 0. The van der Waals surface area contributed by atoms with Crippen LogP contribution < -0.4 is 0 Å². The van der Waals surface area contributed by atoms with Crippen molar-refractivity contribution < 1.29 is 0 Å². The number of hydrogen-bond acceptors (Lipinski definition) is 3. The molecule has 0 N–H and O–H groups in total. The van der Waals surface area contributed by atoms with Gasteiger partial charge in [0.15, 0.2) is 0 Å². The van der Waals surface area contributed by atoms with E-state index in [2.05, 4.69) is 455 Å². The number of hydrogen-bond donors (Lipinski definition) is 0. The van der Waals surface area contributed by atoms with Crippen molar-refractivity contribution >= 4 is 114 Å². The zero-order valence-corrected chi connectivity index (χ0v) is 65.2. The molecule has 0 saturated carbocycles. The van der Waals surface area contributed by atoms with Crippen LogP contribution in [0.5, 0.6) is 0 Å². The molecule has 0 atom stereocenters. The Hall–Kier alpha value is -16.2. The van der Waals surface area contributed by atoms with Gasteiger partial charge in [-0.15, -0.1) is 0 Å². The first-order chi connectivity index (χ1) is 59.4. The van der Waals surface area contributed by atoms with Gasteiger partial charge in [-0.05, 0) is 181 Å². The van der Waals surface area contributed by atoms with E-state index in [9.17, 15) is 0 Å². The quantitative estimate of drug-likeness (QED) is 0.137. The van der Waals surface area contributed by atoms with Crippen LogP contribution in [0.15, 0.2) is 443 Å². The molecule has 9 aromatic heterocycles. The molecule has 0 fully saturated rings. The molecule has 9 heteroatoms. The van der Waals surface area contributed by atoms with Crippen LogP contribution in [0.4, 0.5) is 0 Å². The Morgan fingerprint density at radius 1 is 0.175 bits per heavy atom. The highest BCUT2D eigenvalue weighted by molar-refractivity contribution is 6.13. The van der Waals surface area contributed by atoms with E-state index in [0.717, 1.165) is 50.2 Å². The van der Waals surface area contributed by atoms with Crippen LogP contribution in [0.3, 0.4) is 0 Å². The maximum absolute atomic E-state index is 4.84. The number of para-hydroxylation sites is 4. The lowest BCUT2D eigenvalue weighted by molar-refractivity contribution is 0.970.